The molecule has 3 aromatic carbocycles. The first kappa shape index (κ1) is 20.7. The van der Waals surface area contributed by atoms with Gasteiger partial charge < -0.3 is 0 Å². The van der Waals surface area contributed by atoms with Gasteiger partial charge in [0.2, 0.25) is 0 Å². The van der Waals surface area contributed by atoms with E-state index in [-0.39, 0.29) is 0 Å². The van der Waals surface area contributed by atoms with E-state index in [9.17, 15) is 0 Å². The van der Waals surface area contributed by atoms with Gasteiger partial charge in [0.05, 0.1) is 0 Å². The topological polar surface area (TPSA) is 0 Å². The number of aryl methyl sites for hydroxylation is 1. The molecule has 0 aliphatic carbocycles. The lowest BCUT2D eigenvalue weighted by Gasteiger charge is -1.98. The summed E-state index contributed by atoms with van der Waals surface area (Å²) in [5, 5.41) is 0. The van der Waals surface area contributed by atoms with Crippen LogP contribution in [0.2, 0.25) is 0 Å². The lowest BCUT2D eigenvalue weighted by atomic mass is 10.1. The zero-order valence-corrected chi connectivity index (χ0v) is 15.2. The van der Waals surface area contributed by atoms with E-state index in [0.29, 0.717) is 0 Å². The summed E-state index contributed by atoms with van der Waals surface area (Å²) in [6, 6.07) is 31.0. The van der Waals surface area contributed by atoms with Crippen molar-refractivity contribution < 1.29 is 0 Å². The average molecular weight is 306 g/mol. The molecule has 0 saturated heterocycles. The third-order valence-electron chi connectivity index (χ3n) is 2.82. The Balaban J connectivity index is 0.000000377. The zero-order chi connectivity index (χ0) is 17.3. The summed E-state index contributed by atoms with van der Waals surface area (Å²) in [6.07, 6.45) is 0. The Labute approximate surface area is 142 Å². The minimum atomic E-state index is 1.28. The molecular formula is C23H30. The van der Waals surface area contributed by atoms with Gasteiger partial charge in [0.1, 0.15) is 0 Å². The van der Waals surface area contributed by atoms with Crippen molar-refractivity contribution in [1.29, 1.82) is 0 Å². The van der Waals surface area contributed by atoms with Crippen LogP contribution in [0.3, 0.4) is 0 Å². The SMILES string of the molecule is CC.CC.Cc1ccccc1.c1ccc(-c2ccccc2)cc1. The average Bonchev–Trinajstić information content (AvgIpc) is 2.68. The molecule has 0 aliphatic rings. The molecule has 0 aliphatic heterocycles. The van der Waals surface area contributed by atoms with Gasteiger partial charge >= 0.3 is 0 Å². The lowest BCUT2D eigenvalue weighted by Crippen LogP contribution is -1.73. The van der Waals surface area contributed by atoms with E-state index >= 15 is 0 Å². The summed E-state index contributed by atoms with van der Waals surface area (Å²) in [4.78, 5) is 0. The van der Waals surface area contributed by atoms with Gasteiger partial charge in [-0.2, -0.15) is 0 Å². The predicted molar refractivity (Wildman–Crippen MR) is 106 cm³/mol. The Kier molecular flexibility index (Phi) is 13.1. The molecule has 0 atom stereocenters. The summed E-state index contributed by atoms with van der Waals surface area (Å²) in [5.41, 5.74) is 3.87. The number of benzene rings is 3. The maximum Gasteiger partial charge on any atom is -0.0184 e. The second-order valence-electron chi connectivity index (χ2n) is 4.39. The maximum atomic E-state index is 2.12. The molecule has 0 saturated carbocycles. The van der Waals surface area contributed by atoms with Crippen LogP contribution in [-0.4, -0.2) is 0 Å². The van der Waals surface area contributed by atoms with Crippen LogP contribution in [-0.2, 0) is 0 Å². The van der Waals surface area contributed by atoms with E-state index in [1.165, 1.54) is 16.7 Å². The molecule has 0 spiro atoms. The minimum absolute atomic E-state index is 1.28. The van der Waals surface area contributed by atoms with Gasteiger partial charge in [0.25, 0.3) is 0 Å². The fourth-order valence-corrected chi connectivity index (χ4v) is 1.80. The van der Waals surface area contributed by atoms with Crippen LogP contribution in [0.25, 0.3) is 11.1 Å². The molecular weight excluding hydrogens is 276 g/mol. The summed E-state index contributed by atoms with van der Waals surface area (Å²) in [5.74, 6) is 0. The van der Waals surface area contributed by atoms with Crippen molar-refractivity contribution in [2.45, 2.75) is 34.6 Å². The Morgan fingerprint density at radius 3 is 0.870 bits per heavy atom. The van der Waals surface area contributed by atoms with Crippen molar-refractivity contribution in [3.63, 3.8) is 0 Å². The molecule has 3 aromatic rings. The predicted octanol–water partition coefficient (Wildman–Crippen LogP) is 7.40. The second-order valence-corrected chi connectivity index (χ2v) is 4.39. The van der Waals surface area contributed by atoms with Crippen LogP contribution in [0.4, 0.5) is 0 Å². The van der Waals surface area contributed by atoms with Crippen LogP contribution in [0, 0.1) is 6.92 Å². The molecule has 0 N–H and O–H groups in total. The van der Waals surface area contributed by atoms with Crippen LogP contribution >= 0.6 is 0 Å². The molecule has 0 unspecified atom stereocenters. The van der Waals surface area contributed by atoms with E-state index in [2.05, 4.69) is 67.6 Å². The van der Waals surface area contributed by atoms with Gasteiger partial charge in [-0.1, -0.05) is 124 Å². The fraction of sp³-hybridized carbons (Fsp3) is 0.217. The zero-order valence-electron chi connectivity index (χ0n) is 15.2. The smallest absolute Gasteiger partial charge is 0.0184 e. The monoisotopic (exact) mass is 306 g/mol. The van der Waals surface area contributed by atoms with Gasteiger partial charge in [-0.25, -0.2) is 0 Å². The highest BCUT2D eigenvalue weighted by Crippen LogP contribution is 2.17. The summed E-state index contributed by atoms with van der Waals surface area (Å²) < 4.78 is 0. The first-order valence-electron chi connectivity index (χ1n) is 8.48. The third-order valence-corrected chi connectivity index (χ3v) is 2.82. The highest BCUT2D eigenvalue weighted by Gasteiger charge is 1.91. The van der Waals surface area contributed by atoms with Crippen molar-refractivity contribution in [3.8, 4) is 11.1 Å². The first-order chi connectivity index (χ1) is 11.4. The molecule has 122 valence electrons. The van der Waals surface area contributed by atoms with Crippen molar-refractivity contribution in [2.24, 2.45) is 0 Å². The van der Waals surface area contributed by atoms with Gasteiger partial charge in [-0.15, -0.1) is 0 Å². The molecule has 0 nitrogen and oxygen atoms in total. The van der Waals surface area contributed by atoms with Crippen LogP contribution in [0.15, 0.2) is 91.0 Å². The summed E-state index contributed by atoms with van der Waals surface area (Å²) in [7, 11) is 0. The standard InChI is InChI=1S/C12H10.C7H8.2C2H6/c1-3-7-11(8-4-1)12-9-5-2-6-10-12;1-7-5-3-2-4-6-7;2*1-2/h1-10H;2-6H,1H3;2*1-2H3. The molecule has 0 radical (unpaired) electrons. The van der Waals surface area contributed by atoms with E-state index in [1.807, 2.05) is 58.0 Å². The van der Waals surface area contributed by atoms with Crippen LogP contribution < -0.4 is 0 Å². The summed E-state index contributed by atoms with van der Waals surface area (Å²) >= 11 is 0. The van der Waals surface area contributed by atoms with Gasteiger partial charge in [-0.05, 0) is 18.1 Å². The minimum Gasteiger partial charge on any atom is -0.0683 e. The molecule has 3 rings (SSSR count). The Morgan fingerprint density at radius 1 is 0.391 bits per heavy atom. The largest absolute Gasteiger partial charge is 0.0683 e. The highest BCUT2D eigenvalue weighted by molar-refractivity contribution is 5.62. The van der Waals surface area contributed by atoms with Crippen molar-refractivity contribution in [1.82, 2.24) is 0 Å². The molecule has 0 heterocycles. The molecule has 23 heavy (non-hydrogen) atoms. The molecule has 0 amide bonds. The molecule has 0 aromatic heterocycles. The Hall–Kier alpha value is -2.34. The molecule has 0 heteroatoms. The second kappa shape index (κ2) is 14.6. The lowest BCUT2D eigenvalue weighted by molar-refractivity contribution is 1.48. The van der Waals surface area contributed by atoms with E-state index in [4.69, 9.17) is 0 Å². The van der Waals surface area contributed by atoms with E-state index < -0.39 is 0 Å². The maximum absolute atomic E-state index is 2.12. The normalized spacial score (nSPS) is 8.22. The third kappa shape index (κ3) is 9.31. The highest BCUT2D eigenvalue weighted by atomic mass is 14.0. The summed E-state index contributed by atoms with van der Waals surface area (Å²) in [6.45, 7) is 10.1. The van der Waals surface area contributed by atoms with Crippen LogP contribution in [0.1, 0.15) is 33.3 Å². The van der Waals surface area contributed by atoms with E-state index in [0.717, 1.165) is 0 Å². The fourth-order valence-electron chi connectivity index (χ4n) is 1.80. The molecule has 0 fully saturated rings. The number of hydrogen-bond acceptors (Lipinski definition) is 0. The van der Waals surface area contributed by atoms with Crippen LogP contribution in [0.5, 0.6) is 0 Å². The van der Waals surface area contributed by atoms with Crippen molar-refractivity contribution in [3.05, 3.63) is 96.6 Å². The first-order valence-corrected chi connectivity index (χ1v) is 8.48. The Morgan fingerprint density at radius 2 is 0.652 bits per heavy atom. The molecule has 0 bridgehead atoms. The number of hydrogen-bond donors (Lipinski definition) is 0. The number of rotatable bonds is 1. The van der Waals surface area contributed by atoms with Gasteiger partial charge in [0.15, 0.2) is 0 Å². The van der Waals surface area contributed by atoms with Gasteiger partial charge in [-0.3, -0.25) is 0 Å². The van der Waals surface area contributed by atoms with Gasteiger partial charge in [0, 0.05) is 0 Å². The Bertz CT molecular complexity index is 531. The van der Waals surface area contributed by atoms with E-state index in [1.54, 1.807) is 0 Å². The quantitative estimate of drug-likeness (QED) is 0.439. The van der Waals surface area contributed by atoms with Crippen molar-refractivity contribution >= 4 is 0 Å². The van der Waals surface area contributed by atoms with Crippen molar-refractivity contribution in [2.75, 3.05) is 0 Å².